The van der Waals surface area contributed by atoms with Crippen molar-refractivity contribution >= 4 is 44.3 Å². The molecule has 2 saturated carbocycles. The van der Waals surface area contributed by atoms with Gasteiger partial charge in [-0.2, -0.15) is 0 Å². The van der Waals surface area contributed by atoms with Gasteiger partial charge >= 0.3 is 0 Å². The summed E-state index contributed by atoms with van der Waals surface area (Å²) < 4.78 is 4.99. The number of aliphatic hydroxyl groups is 1. The number of ketones is 1. The van der Waals surface area contributed by atoms with Crippen molar-refractivity contribution in [1.82, 2.24) is 28.4 Å². The smallest absolute Gasteiger partial charge is 0.185 e. The highest BCUT2D eigenvalue weighted by molar-refractivity contribution is 6.83. The van der Waals surface area contributed by atoms with E-state index in [1.807, 2.05) is 0 Å². The average Bonchev–Trinajstić information content (AvgIpc) is 3.77. The van der Waals surface area contributed by atoms with Crippen LogP contribution in [-0.4, -0.2) is 55.8 Å². The molecule has 2 fully saturated rings. The number of aliphatic hydroxyl groups excluding tert-OH is 1. The molecular formula is C44H72N6O2Si2. The Morgan fingerprint density at radius 3 is 1.46 bits per heavy atom. The number of fused-ring (bicyclic) bond motifs is 2. The summed E-state index contributed by atoms with van der Waals surface area (Å²) in [6.07, 6.45) is 18.8. The maximum absolute atomic E-state index is 13.2. The minimum atomic E-state index is -1.90. The highest BCUT2D eigenvalue weighted by atomic mass is 28.3. The van der Waals surface area contributed by atoms with Gasteiger partial charge in [-0.1, -0.05) is 122 Å². The van der Waals surface area contributed by atoms with Crippen LogP contribution in [-0.2, 0) is 0 Å². The normalized spacial score (nSPS) is 17.5. The van der Waals surface area contributed by atoms with Crippen LogP contribution in [0.15, 0.2) is 37.2 Å². The zero-order valence-corrected chi connectivity index (χ0v) is 37.8. The molecular weight excluding hydrogens is 701 g/mol. The Labute approximate surface area is 328 Å². The third-order valence-corrected chi connectivity index (χ3v) is 27.5. The van der Waals surface area contributed by atoms with E-state index >= 15 is 0 Å². The first kappa shape index (κ1) is 42.4. The summed E-state index contributed by atoms with van der Waals surface area (Å²) in [6.45, 7) is 28.4. The molecule has 0 aliphatic heterocycles. The van der Waals surface area contributed by atoms with E-state index in [4.69, 9.17) is 4.98 Å². The fourth-order valence-corrected chi connectivity index (χ4v) is 25.0. The van der Waals surface area contributed by atoms with Crippen LogP contribution in [0, 0.1) is 11.8 Å². The zero-order chi connectivity index (χ0) is 39.5. The van der Waals surface area contributed by atoms with Crippen molar-refractivity contribution in [2.24, 2.45) is 11.8 Å². The summed E-state index contributed by atoms with van der Waals surface area (Å²) in [5, 5.41) is 13.1. The van der Waals surface area contributed by atoms with Crippen LogP contribution in [0.5, 0.6) is 0 Å². The molecule has 298 valence electrons. The summed E-state index contributed by atoms with van der Waals surface area (Å²) in [7, 11) is -3.77. The first-order valence-corrected chi connectivity index (χ1v) is 25.9. The molecule has 1 unspecified atom stereocenters. The van der Waals surface area contributed by atoms with E-state index in [1.165, 1.54) is 25.7 Å². The van der Waals surface area contributed by atoms with Crippen LogP contribution in [0.2, 0.25) is 33.2 Å². The molecule has 1 atom stereocenters. The lowest BCUT2D eigenvalue weighted by Crippen LogP contribution is -2.51. The van der Waals surface area contributed by atoms with Crippen molar-refractivity contribution in [3.8, 4) is 0 Å². The Hall–Kier alpha value is -2.70. The fraction of sp³-hybridized carbons (Fsp3) is 0.705. The predicted molar refractivity (Wildman–Crippen MR) is 230 cm³/mol. The van der Waals surface area contributed by atoms with Gasteiger partial charge in [-0.15, -0.1) is 0 Å². The SMILES string of the molecule is CC(C)[Si](C(C)C)(C(C)C)n1ccc2c(C(=O)C3CCCCC3)ncnc21.CC(C)[Si](C(C)C)(C(C)C)n1ccc2c(C(O)C3CCCCC3)ncnc21. The quantitative estimate of drug-likeness (QED) is 0.114. The summed E-state index contributed by atoms with van der Waals surface area (Å²) in [6, 6.07) is 4.26. The van der Waals surface area contributed by atoms with Crippen LogP contribution < -0.4 is 0 Å². The van der Waals surface area contributed by atoms with Crippen molar-refractivity contribution in [1.29, 1.82) is 0 Å². The Bertz CT molecular complexity index is 1790. The first-order chi connectivity index (χ1) is 25.6. The minimum absolute atomic E-state index is 0.141. The van der Waals surface area contributed by atoms with Crippen molar-refractivity contribution < 1.29 is 9.90 Å². The van der Waals surface area contributed by atoms with E-state index in [0.717, 1.165) is 66.3 Å². The number of Topliss-reactive ketones (excluding diaryl/α,β-unsaturated/α-hetero) is 1. The molecule has 4 heterocycles. The van der Waals surface area contributed by atoms with Crippen LogP contribution in [0.1, 0.15) is 170 Å². The summed E-state index contributed by atoms with van der Waals surface area (Å²) in [4.78, 5) is 31.6. The molecule has 54 heavy (non-hydrogen) atoms. The van der Waals surface area contributed by atoms with Gasteiger partial charge in [0.15, 0.2) is 22.3 Å². The van der Waals surface area contributed by atoms with E-state index in [0.29, 0.717) is 44.9 Å². The van der Waals surface area contributed by atoms with Gasteiger partial charge in [0.25, 0.3) is 0 Å². The lowest BCUT2D eigenvalue weighted by molar-refractivity contribution is 0.0824. The van der Waals surface area contributed by atoms with Crippen molar-refractivity contribution in [3.63, 3.8) is 0 Å². The number of rotatable bonds is 12. The highest BCUT2D eigenvalue weighted by Gasteiger charge is 2.47. The molecule has 6 rings (SSSR count). The van der Waals surface area contributed by atoms with Crippen LogP contribution in [0.4, 0.5) is 0 Å². The molecule has 0 radical (unpaired) electrons. The fourth-order valence-electron chi connectivity index (χ4n) is 11.9. The second-order valence-corrected chi connectivity index (χ2v) is 30.0. The Kier molecular flexibility index (Phi) is 13.9. The van der Waals surface area contributed by atoms with E-state index in [-0.39, 0.29) is 11.7 Å². The van der Waals surface area contributed by atoms with Gasteiger partial charge in [-0.05, 0) is 89.4 Å². The molecule has 0 amide bonds. The summed E-state index contributed by atoms with van der Waals surface area (Å²) in [5.74, 6) is 0.704. The van der Waals surface area contributed by atoms with Crippen molar-refractivity contribution in [2.75, 3.05) is 0 Å². The van der Waals surface area contributed by atoms with Crippen LogP contribution >= 0.6 is 0 Å². The number of carbonyl (C=O) groups excluding carboxylic acids is 1. The van der Waals surface area contributed by atoms with Gasteiger partial charge in [0.05, 0.1) is 11.8 Å². The number of hydrogen-bond acceptors (Lipinski definition) is 6. The average molecular weight is 773 g/mol. The maximum atomic E-state index is 13.2. The van der Waals surface area contributed by atoms with E-state index in [1.54, 1.807) is 12.7 Å². The molecule has 0 aromatic carbocycles. The lowest BCUT2D eigenvalue weighted by atomic mass is 9.83. The largest absolute Gasteiger partial charge is 0.386 e. The van der Waals surface area contributed by atoms with E-state index in [9.17, 15) is 9.90 Å². The molecule has 2 aliphatic rings. The van der Waals surface area contributed by atoms with E-state index < -0.39 is 22.6 Å². The molecule has 8 nitrogen and oxygen atoms in total. The molecule has 4 aromatic heterocycles. The van der Waals surface area contributed by atoms with Gasteiger partial charge < -0.3 is 13.6 Å². The highest BCUT2D eigenvalue weighted by Crippen LogP contribution is 2.46. The second-order valence-electron chi connectivity index (χ2n) is 18.6. The molecule has 2 aliphatic carbocycles. The van der Waals surface area contributed by atoms with Gasteiger partial charge in [0, 0.05) is 16.7 Å². The Morgan fingerprint density at radius 1 is 0.593 bits per heavy atom. The number of aromatic nitrogens is 6. The summed E-state index contributed by atoms with van der Waals surface area (Å²) in [5.41, 5.74) is 7.04. The molecule has 0 saturated heterocycles. The second kappa shape index (κ2) is 17.6. The van der Waals surface area contributed by atoms with Crippen molar-refractivity contribution in [2.45, 2.75) is 187 Å². The maximum Gasteiger partial charge on any atom is 0.185 e. The Balaban J connectivity index is 0.000000208. The lowest BCUT2D eigenvalue weighted by Gasteiger charge is -2.44. The number of carbonyl (C=O) groups is 1. The molecule has 1 N–H and O–H groups in total. The van der Waals surface area contributed by atoms with Gasteiger partial charge in [-0.3, -0.25) is 4.79 Å². The van der Waals surface area contributed by atoms with Crippen LogP contribution in [0.3, 0.4) is 0 Å². The Morgan fingerprint density at radius 2 is 1.00 bits per heavy atom. The number of hydrogen-bond donors (Lipinski definition) is 1. The molecule has 0 spiro atoms. The first-order valence-electron chi connectivity index (χ1n) is 21.5. The topological polar surface area (TPSA) is 98.7 Å². The van der Waals surface area contributed by atoms with Crippen molar-refractivity contribution in [3.05, 3.63) is 48.6 Å². The van der Waals surface area contributed by atoms with Gasteiger partial charge in [0.1, 0.15) is 29.6 Å². The molecule has 0 bridgehead atoms. The third kappa shape index (κ3) is 7.57. The standard InChI is InChI=1S/C22H37N3OSi.C22H35N3OSi/c2*1-15(2)27(16(3)4,17(5)6)25-13-12-19-20(23-14-24-22(19)25)21(26)18-10-8-7-9-11-18/h12-18,21,26H,7-11H2,1-6H3;12-18H,7-11H2,1-6H3. The monoisotopic (exact) mass is 773 g/mol. The predicted octanol–water partition coefficient (Wildman–Crippen LogP) is 12.3. The number of nitrogens with zero attached hydrogens (tertiary/aromatic N) is 6. The molecule has 4 aromatic rings. The van der Waals surface area contributed by atoms with E-state index in [2.05, 4.69) is 131 Å². The van der Waals surface area contributed by atoms with Gasteiger partial charge in [-0.25, -0.2) is 19.9 Å². The molecule has 10 heteroatoms. The minimum Gasteiger partial charge on any atom is -0.386 e. The summed E-state index contributed by atoms with van der Waals surface area (Å²) >= 11 is 0. The zero-order valence-electron chi connectivity index (χ0n) is 35.8. The van der Waals surface area contributed by atoms with Crippen LogP contribution in [0.25, 0.3) is 22.1 Å². The third-order valence-electron chi connectivity index (χ3n) is 14.0. The van der Waals surface area contributed by atoms with Gasteiger partial charge in [0.2, 0.25) is 0 Å².